The molecule has 104 valence electrons. The van der Waals surface area contributed by atoms with E-state index in [1.807, 2.05) is 0 Å². The second kappa shape index (κ2) is 6.11. The molecule has 2 aromatic heterocycles. The number of thiophene rings is 1. The molecule has 0 unspecified atom stereocenters. The number of esters is 1. The number of rotatable bonds is 4. The minimum Gasteiger partial charge on any atom is -0.481 e. The van der Waals surface area contributed by atoms with Gasteiger partial charge >= 0.3 is 5.97 Å². The van der Waals surface area contributed by atoms with Gasteiger partial charge in [-0.2, -0.15) is 0 Å². The number of nitrogens with one attached hydrogen (secondary N) is 1. The number of carbonyl (C=O) groups is 2. The van der Waals surface area contributed by atoms with Gasteiger partial charge in [0.1, 0.15) is 17.0 Å². The first-order chi connectivity index (χ1) is 9.65. The van der Waals surface area contributed by atoms with Crippen molar-refractivity contribution in [3.8, 4) is 5.88 Å². The molecule has 0 saturated carbocycles. The molecular weight excluding hydrogens is 282 g/mol. The van der Waals surface area contributed by atoms with Crippen molar-refractivity contribution < 1.29 is 19.1 Å². The number of amides is 1. The Morgan fingerprint density at radius 2 is 2.10 bits per heavy atom. The summed E-state index contributed by atoms with van der Waals surface area (Å²) in [6.07, 6.45) is 1.23. The maximum Gasteiger partial charge on any atom is 0.340 e. The molecule has 0 saturated heterocycles. The van der Waals surface area contributed by atoms with Crippen LogP contribution in [0, 0.1) is 0 Å². The molecule has 1 N–H and O–H groups in total. The first-order valence-corrected chi connectivity index (χ1v) is 6.37. The standard InChI is InChI=1S/C12H11N3O4S/c1-18-9-5-8(13-6-14-9)10(16)15-11-7(3-4-20-11)12(17)19-2/h3-6H,1-2H3,(H,15,16). The van der Waals surface area contributed by atoms with Gasteiger partial charge in [-0.1, -0.05) is 0 Å². The van der Waals surface area contributed by atoms with E-state index >= 15 is 0 Å². The summed E-state index contributed by atoms with van der Waals surface area (Å²) in [7, 11) is 2.72. The van der Waals surface area contributed by atoms with Crippen molar-refractivity contribution in [2.24, 2.45) is 0 Å². The van der Waals surface area contributed by atoms with Crippen molar-refractivity contribution in [3.05, 3.63) is 35.1 Å². The molecule has 0 aliphatic rings. The third-order valence-corrected chi connectivity index (χ3v) is 3.21. The van der Waals surface area contributed by atoms with E-state index in [0.717, 1.165) is 0 Å². The van der Waals surface area contributed by atoms with E-state index in [4.69, 9.17) is 4.74 Å². The van der Waals surface area contributed by atoms with Gasteiger partial charge in [0.15, 0.2) is 0 Å². The van der Waals surface area contributed by atoms with E-state index in [1.54, 1.807) is 11.4 Å². The second-order valence-electron chi connectivity index (χ2n) is 3.55. The van der Waals surface area contributed by atoms with Crippen molar-refractivity contribution in [1.29, 1.82) is 0 Å². The molecule has 20 heavy (non-hydrogen) atoms. The minimum absolute atomic E-state index is 0.140. The Labute approximate surface area is 118 Å². The minimum atomic E-state index is -0.512. The van der Waals surface area contributed by atoms with Crippen LogP contribution in [0.5, 0.6) is 5.88 Å². The molecule has 1 amide bonds. The summed E-state index contributed by atoms with van der Waals surface area (Å²) in [5.74, 6) is -0.690. The Kier molecular flexibility index (Phi) is 4.26. The zero-order valence-electron chi connectivity index (χ0n) is 10.7. The number of ether oxygens (including phenoxy) is 2. The first-order valence-electron chi connectivity index (χ1n) is 5.49. The van der Waals surface area contributed by atoms with Crippen LogP contribution in [-0.4, -0.2) is 36.1 Å². The summed E-state index contributed by atoms with van der Waals surface area (Å²) in [5.41, 5.74) is 0.438. The number of nitrogens with zero attached hydrogens (tertiary/aromatic N) is 2. The van der Waals surface area contributed by atoms with Crippen LogP contribution in [0.25, 0.3) is 0 Å². The number of anilines is 1. The Balaban J connectivity index is 2.19. The Morgan fingerprint density at radius 3 is 2.80 bits per heavy atom. The monoisotopic (exact) mass is 293 g/mol. The van der Waals surface area contributed by atoms with Crippen LogP contribution in [-0.2, 0) is 4.74 Å². The maximum atomic E-state index is 12.0. The summed E-state index contributed by atoms with van der Waals surface area (Å²) in [4.78, 5) is 31.2. The molecule has 2 aromatic rings. The molecule has 0 radical (unpaired) electrons. The smallest absolute Gasteiger partial charge is 0.340 e. The van der Waals surface area contributed by atoms with E-state index in [0.29, 0.717) is 10.6 Å². The first kappa shape index (κ1) is 13.9. The molecule has 0 fully saturated rings. The molecule has 0 aromatic carbocycles. The molecule has 0 spiro atoms. The van der Waals surface area contributed by atoms with E-state index < -0.39 is 11.9 Å². The zero-order chi connectivity index (χ0) is 14.5. The van der Waals surface area contributed by atoms with Crippen molar-refractivity contribution in [3.63, 3.8) is 0 Å². The predicted molar refractivity (Wildman–Crippen MR) is 72.2 cm³/mol. The van der Waals surface area contributed by atoms with Crippen molar-refractivity contribution in [2.45, 2.75) is 0 Å². The molecule has 0 atom stereocenters. The predicted octanol–water partition coefficient (Wildman–Crippen LogP) is 1.59. The topological polar surface area (TPSA) is 90.4 Å². The molecule has 0 aliphatic heterocycles. The van der Waals surface area contributed by atoms with Gasteiger partial charge in [-0.15, -0.1) is 11.3 Å². The number of aromatic nitrogens is 2. The van der Waals surface area contributed by atoms with Gasteiger partial charge in [0.05, 0.1) is 19.8 Å². The highest BCUT2D eigenvalue weighted by Gasteiger charge is 2.17. The lowest BCUT2D eigenvalue weighted by Crippen LogP contribution is -2.15. The molecule has 2 heterocycles. The average Bonchev–Trinajstić information content (AvgIpc) is 2.94. The fourth-order valence-electron chi connectivity index (χ4n) is 1.42. The van der Waals surface area contributed by atoms with E-state index in [9.17, 15) is 9.59 Å². The van der Waals surface area contributed by atoms with Gasteiger partial charge in [-0.3, -0.25) is 4.79 Å². The number of hydrogen-bond acceptors (Lipinski definition) is 7. The van der Waals surface area contributed by atoms with Crippen LogP contribution >= 0.6 is 11.3 Å². The van der Waals surface area contributed by atoms with E-state index in [1.165, 1.54) is 38.0 Å². The Hall–Kier alpha value is -2.48. The van der Waals surface area contributed by atoms with Gasteiger partial charge < -0.3 is 14.8 Å². The van der Waals surface area contributed by atoms with Gasteiger partial charge in [-0.25, -0.2) is 14.8 Å². The molecular formula is C12H11N3O4S. The maximum absolute atomic E-state index is 12.0. The third kappa shape index (κ3) is 2.91. The number of methoxy groups -OCH3 is 2. The summed E-state index contributed by atoms with van der Waals surface area (Å²) in [5, 5.41) is 4.69. The van der Waals surface area contributed by atoms with E-state index in [2.05, 4.69) is 20.0 Å². The van der Waals surface area contributed by atoms with Gasteiger partial charge in [0.2, 0.25) is 5.88 Å². The Bertz CT molecular complexity index is 641. The lowest BCUT2D eigenvalue weighted by molar-refractivity contribution is 0.0602. The van der Waals surface area contributed by atoms with Crippen LogP contribution in [0.4, 0.5) is 5.00 Å². The highest BCUT2D eigenvalue weighted by atomic mass is 32.1. The second-order valence-corrected chi connectivity index (χ2v) is 4.47. The third-order valence-electron chi connectivity index (χ3n) is 2.38. The zero-order valence-corrected chi connectivity index (χ0v) is 11.6. The van der Waals surface area contributed by atoms with E-state index in [-0.39, 0.29) is 11.6 Å². The quantitative estimate of drug-likeness (QED) is 0.861. The van der Waals surface area contributed by atoms with Crippen LogP contribution in [0.3, 0.4) is 0 Å². The van der Waals surface area contributed by atoms with Crippen molar-refractivity contribution in [2.75, 3.05) is 19.5 Å². The highest BCUT2D eigenvalue weighted by molar-refractivity contribution is 7.14. The van der Waals surface area contributed by atoms with Gasteiger partial charge in [0, 0.05) is 6.07 Å². The Morgan fingerprint density at radius 1 is 1.30 bits per heavy atom. The van der Waals surface area contributed by atoms with Gasteiger partial charge in [0.25, 0.3) is 5.91 Å². The lowest BCUT2D eigenvalue weighted by atomic mass is 10.3. The van der Waals surface area contributed by atoms with Crippen LogP contribution < -0.4 is 10.1 Å². The van der Waals surface area contributed by atoms with Crippen LogP contribution in [0.15, 0.2) is 23.8 Å². The number of carbonyl (C=O) groups excluding carboxylic acids is 2. The largest absolute Gasteiger partial charge is 0.481 e. The summed E-state index contributed by atoms with van der Waals surface area (Å²) < 4.78 is 9.55. The van der Waals surface area contributed by atoms with Crippen molar-refractivity contribution >= 4 is 28.2 Å². The lowest BCUT2D eigenvalue weighted by Gasteiger charge is -2.05. The molecule has 8 heteroatoms. The van der Waals surface area contributed by atoms with Crippen LogP contribution in [0.2, 0.25) is 0 Å². The average molecular weight is 293 g/mol. The summed E-state index contributed by atoms with van der Waals surface area (Å²) >= 11 is 1.22. The molecule has 0 bridgehead atoms. The fourth-order valence-corrected chi connectivity index (χ4v) is 2.19. The van der Waals surface area contributed by atoms with Crippen molar-refractivity contribution in [1.82, 2.24) is 9.97 Å². The van der Waals surface area contributed by atoms with Gasteiger partial charge in [-0.05, 0) is 11.4 Å². The molecule has 0 aliphatic carbocycles. The highest BCUT2D eigenvalue weighted by Crippen LogP contribution is 2.24. The SMILES string of the molecule is COC(=O)c1ccsc1NC(=O)c1cc(OC)ncn1. The summed E-state index contributed by atoms with van der Waals surface area (Å²) in [6.45, 7) is 0. The molecule has 2 rings (SSSR count). The summed E-state index contributed by atoms with van der Waals surface area (Å²) in [6, 6.07) is 2.98. The molecule has 7 nitrogen and oxygen atoms in total. The normalized spacial score (nSPS) is 9.90. The number of hydrogen-bond donors (Lipinski definition) is 1. The van der Waals surface area contributed by atoms with Crippen LogP contribution in [0.1, 0.15) is 20.8 Å². The fraction of sp³-hybridized carbons (Fsp3) is 0.167.